The molecule has 0 aliphatic heterocycles. The van der Waals surface area contributed by atoms with E-state index in [0.717, 1.165) is 23.6 Å². The topological polar surface area (TPSA) is 127 Å². The zero-order chi connectivity index (χ0) is 22.8. The van der Waals surface area contributed by atoms with Crippen molar-refractivity contribution in [2.45, 2.75) is 19.4 Å². The Balaban J connectivity index is 1.72. The van der Waals surface area contributed by atoms with Crippen molar-refractivity contribution in [3.8, 4) is 11.3 Å². The van der Waals surface area contributed by atoms with Crippen molar-refractivity contribution >= 4 is 17.8 Å². The Labute approximate surface area is 181 Å². The van der Waals surface area contributed by atoms with E-state index in [1.165, 1.54) is 37.4 Å². The summed E-state index contributed by atoms with van der Waals surface area (Å²) in [6.07, 6.45) is 3.13. The van der Waals surface area contributed by atoms with Gasteiger partial charge in [-0.3, -0.25) is 9.36 Å². The van der Waals surface area contributed by atoms with Gasteiger partial charge in [0.25, 0.3) is 0 Å². The lowest BCUT2D eigenvalue weighted by atomic mass is 9.99. The molecule has 0 saturated heterocycles. The molecule has 0 radical (unpaired) electrons. The molecule has 2 aromatic heterocycles. The molecule has 4 rings (SSSR count). The van der Waals surface area contributed by atoms with Gasteiger partial charge in [0.15, 0.2) is 5.76 Å². The molecule has 9 nitrogen and oxygen atoms in total. The Kier molecular flexibility index (Phi) is 5.87. The molecule has 2 N–H and O–H groups in total. The van der Waals surface area contributed by atoms with Crippen LogP contribution in [0.15, 0.2) is 41.1 Å². The number of nitrogens with zero attached hydrogens (tertiary/aromatic N) is 2. The summed E-state index contributed by atoms with van der Waals surface area (Å²) in [5.74, 6) is -1.31. The number of carbonyl (C=O) groups excluding carboxylic acids is 3. The molecule has 1 fully saturated rings. The van der Waals surface area contributed by atoms with Gasteiger partial charge in [-0.05, 0) is 49.1 Å². The van der Waals surface area contributed by atoms with Gasteiger partial charge < -0.3 is 19.7 Å². The minimum Gasteiger partial charge on any atom is -0.461 e. The highest BCUT2D eigenvalue weighted by Crippen LogP contribution is 2.30. The van der Waals surface area contributed by atoms with Crippen molar-refractivity contribution in [1.82, 2.24) is 9.72 Å². The number of primary amides is 1. The molecule has 0 unspecified atom stereocenters. The molecule has 10 heteroatoms. The number of nitrogens with two attached hydrogens (primary N) is 1. The SMILES string of the molecule is COCc1onc(-c2ccc(F)cc2)c1C(=O)c1cc(C(=O)OCC2CC2)n(C(N)=O)c1. The number of hydrogen-bond acceptors (Lipinski definition) is 7. The molecule has 32 heavy (non-hydrogen) atoms. The lowest BCUT2D eigenvalue weighted by Gasteiger charge is -2.05. The number of methoxy groups -OCH3 is 1. The number of aromatic nitrogens is 2. The van der Waals surface area contributed by atoms with Crippen LogP contribution in [-0.4, -0.2) is 41.2 Å². The Hall–Kier alpha value is -3.79. The van der Waals surface area contributed by atoms with E-state index in [1.807, 2.05) is 0 Å². The van der Waals surface area contributed by atoms with Crippen LogP contribution in [0.4, 0.5) is 9.18 Å². The summed E-state index contributed by atoms with van der Waals surface area (Å²) < 4.78 is 29.8. The number of rotatable bonds is 8. The number of benzene rings is 1. The van der Waals surface area contributed by atoms with E-state index in [0.29, 0.717) is 11.5 Å². The van der Waals surface area contributed by atoms with Gasteiger partial charge in [-0.1, -0.05) is 5.16 Å². The summed E-state index contributed by atoms with van der Waals surface area (Å²) in [6, 6.07) is 5.66. The van der Waals surface area contributed by atoms with Crippen molar-refractivity contribution in [3.05, 3.63) is 64.9 Å². The van der Waals surface area contributed by atoms with E-state index in [2.05, 4.69) is 5.16 Å². The normalized spacial score (nSPS) is 13.2. The third kappa shape index (κ3) is 4.30. The minimum absolute atomic E-state index is 0.00564. The highest BCUT2D eigenvalue weighted by atomic mass is 19.1. The molecule has 3 aromatic rings. The first kappa shape index (κ1) is 21.4. The average molecular weight is 441 g/mol. The zero-order valence-electron chi connectivity index (χ0n) is 17.2. The van der Waals surface area contributed by atoms with Crippen LogP contribution in [0.2, 0.25) is 0 Å². The maximum atomic E-state index is 13.4. The van der Waals surface area contributed by atoms with Crippen LogP contribution < -0.4 is 5.73 Å². The van der Waals surface area contributed by atoms with Crippen molar-refractivity contribution < 1.29 is 32.8 Å². The smallest absolute Gasteiger partial charge is 0.355 e. The highest BCUT2D eigenvalue weighted by Gasteiger charge is 2.29. The summed E-state index contributed by atoms with van der Waals surface area (Å²) in [5.41, 5.74) is 5.92. The van der Waals surface area contributed by atoms with Crippen LogP contribution >= 0.6 is 0 Å². The van der Waals surface area contributed by atoms with Crippen LogP contribution in [-0.2, 0) is 16.1 Å². The van der Waals surface area contributed by atoms with Gasteiger partial charge in [-0.25, -0.2) is 14.0 Å². The average Bonchev–Trinajstić information content (AvgIpc) is 3.33. The molecule has 1 aliphatic carbocycles. The molecule has 1 saturated carbocycles. The monoisotopic (exact) mass is 441 g/mol. The number of amides is 1. The number of esters is 1. The van der Waals surface area contributed by atoms with Crippen LogP contribution in [0.3, 0.4) is 0 Å². The first-order chi connectivity index (χ1) is 15.4. The standard InChI is InChI=1S/C22H20FN3O6/c1-30-11-17-18(19(25-32-17)13-4-6-15(23)7-5-13)20(27)14-8-16(26(9-14)22(24)29)21(28)31-10-12-2-3-12/h4-9,12H,2-3,10-11H2,1H3,(H2,24,29). The largest absolute Gasteiger partial charge is 0.461 e. The molecule has 1 aliphatic rings. The molecule has 2 heterocycles. The molecule has 0 atom stereocenters. The fraction of sp³-hybridized carbons (Fsp3) is 0.273. The van der Waals surface area contributed by atoms with Gasteiger partial charge in [0.1, 0.15) is 23.8 Å². The van der Waals surface area contributed by atoms with Crippen LogP contribution in [0.1, 0.15) is 45.0 Å². The summed E-state index contributed by atoms with van der Waals surface area (Å²) >= 11 is 0. The molecular formula is C22H20FN3O6. The number of hydrogen-bond donors (Lipinski definition) is 1. The second-order valence-corrected chi connectivity index (χ2v) is 7.46. The fourth-order valence-corrected chi connectivity index (χ4v) is 3.22. The predicted molar refractivity (Wildman–Crippen MR) is 108 cm³/mol. The molecule has 166 valence electrons. The number of ether oxygens (including phenoxy) is 2. The second-order valence-electron chi connectivity index (χ2n) is 7.46. The van der Waals surface area contributed by atoms with Gasteiger partial charge in [-0.2, -0.15) is 0 Å². The maximum absolute atomic E-state index is 13.4. The van der Waals surface area contributed by atoms with Gasteiger partial charge >= 0.3 is 12.0 Å². The first-order valence-corrected chi connectivity index (χ1v) is 9.86. The summed E-state index contributed by atoms with van der Waals surface area (Å²) in [6.45, 7) is 0.187. The van der Waals surface area contributed by atoms with Gasteiger partial charge in [0.2, 0.25) is 5.78 Å². The predicted octanol–water partition coefficient (Wildman–Crippen LogP) is 3.15. The zero-order valence-corrected chi connectivity index (χ0v) is 17.2. The quantitative estimate of drug-likeness (QED) is 0.420. The van der Waals surface area contributed by atoms with Crippen LogP contribution in [0.25, 0.3) is 11.3 Å². The van der Waals surface area contributed by atoms with E-state index in [9.17, 15) is 18.8 Å². The highest BCUT2D eigenvalue weighted by molar-refractivity contribution is 6.14. The minimum atomic E-state index is -0.941. The Morgan fingerprint density at radius 2 is 1.97 bits per heavy atom. The van der Waals surface area contributed by atoms with E-state index in [-0.39, 0.29) is 41.5 Å². The number of carbonyl (C=O) groups is 3. The van der Waals surface area contributed by atoms with Gasteiger partial charge in [0, 0.05) is 24.4 Å². The van der Waals surface area contributed by atoms with Crippen molar-refractivity contribution in [2.75, 3.05) is 13.7 Å². The molecule has 0 bridgehead atoms. The van der Waals surface area contributed by atoms with Crippen LogP contribution in [0.5, 0.6) is 0 Å². The second kappa shape index (κ2) is 8.75. The Morgan fingerprint density at radius 3 is 2.59 bits per heavy atom. The summed E-state index contributed by atoms with van der Waals surface area (Å²) in [4.78, 5) is 37.7. The first-order valence-electron chi connectivity index (χ1n) is 9.86. The molecule has 1 aromatic carbocycles. The summed E-state index contributed by atoms with van der Waals surface area (Å²) in [5, 5.41) is 3.95. The van der Waals surface area contributed by atoms with Crippen molar-refractivity contribution in [1.29, 1.82) is 0 Å². The lowest BCUT2D eigenvalue weighted by Crippen LogP contribution is -2.24. The maximum Gasteiger partial charge on any atom is 0.355 e. The molecule has 1 amide bonds. The fourth-order valence-electron chi connectivity index (χ4n) is 3.22. The van der Waals surface area contributed by atoms with Crippen LogP contribution in [0, 0.1) is 11.7 Å². The number of halogens is 1. The Bertz CT molecular complexity index is 1180. The van der Waals surface area contributed by atoms with Crippen molar-refractivity contribution in [2.24, 2.45) is 11.7 Å². The van der Waals surface area contributed by atoms with E-state index in [1.54, 1.807) is 0 Å². The number of ketones is 1. The van der Waals surface area contributed by atoms with E-state index >= 15 is 0 Å². The molecule has 0 spiro atoms. The lowest BCUT2D eigenvalue weighted by molar-refractivity contribution is 0.0476. The Morgan fingerprint density at radius 1 is 1.25 bits per heavy atom. The van der Waals surface area contributed by atoms with Gasteiger partial charge in [0.05, 0.1) is 12.2 Å². The third-order valence-corrected chi connectivity index (χ3v) is 5.06. The van der Waals surface area contributed by atoms with E-state index < -0.39 is 23.6 Å². The summed E-state index contributed by atoms with van der Waals surface area (Å²) in [7, 11) is 1.42. The van der Waals surface area contributed by atoms with Crippen molar-refractivity contribution in [3.63, 3.8) is 0 Å². The van der Waals surface area contributed by atoms with Gasteiger partial charge in [-0.15, -0.1) is 0 Å². The van der Waals surface area contributed by atoms with E-state index in [4.69, 9.17) is 19.7 Å². The molecular weight excluding hydrogens is 421 g/mol. The third-order valence-electron chi connectivity index (χ3n) is 5.06.